The van der Waals surface area contributed by atoms with Crippen LogP contribution in [0.3, 0.4) is 0 Å². The number of hydrogen-bond donors (Lipinski definition) is 1. The van der Waals surface area contributed by atoms with E-state index in [-0.39, 0.29) is 17.4 Å². The molecule has 2 heterocycles. The zero-order valence-electron chi connectivity index (χ0n) is 15.6. The molecule has 2 aliphatic carbocycles. The van der Waals surface area contributed by atoms with E-state index in [0.717, 1.165) is 24.3 Å². The topological polar surface area (TPSA) is 49.8 Å². The molecule has 0 aromatic heterocycles. The van der Waals surface area contributed by atoms with Gasteiger partial charge in [0, 0.05) is 6.04 Å². The molecule has 4 rings (SSSR count). The summed E-state index contributed by atoms with van der Waals surface area (Å²) in [5, 5.41) is 10.6. The maximum atomic E-state index is 12.7. The number of aliphatic hydroxyl groups excluding tert-OH is 1. The zero-order valence-corrected chi connectivity index (χ0v) is 15.6. The van der Waals surface area contributed by atoms with E-state index in [0.29, 0.717) is 17.4 Å². The zero-order chi connectivity index (χ0) is 17.4. The third kappa shape index (κ3) is 1.84. The van der Waals surface area contributed by atoms with Crippen LogP contribution in [0.4, 0.5) is 0 Å². The molecule has 4 bridgehead atoms. The van der Waals surface area contributed by atoms with Gasteiger partial charge in [-0.2, -0.15) is 0 Å². The Bertz CT molecular complexity index is 610. The van der Waals surface area contributed by atoms with Gasteiger partial charge in [-0.05, 0) is 61.8 Å². The standard InChI is InChI=1S/C20H31NO3/c1-19(2)11-6-7-20(19,3)14(8-11)13-9-12-10-15(22)17(21(12)4)16(13)18(23)24-5/h11-12,14-15,17,22H,6-10H2,1-5H3/t11?,12?,14?,15-,17?,20-/m1/s1. The van der Waals surface area contributed by atoms with E-state index < -0.39 is 6.10 Å². The second-order valence-corrected chi connectivity index (χ2v) is 9.36. The summed E-state index contributed by atoms with van der Waals surface area (Å²) >= 11 is 0. The largest absolute Gasteiger partial charge is 0.466 e. The number of nitrogens with zero attached hydrogens (tertiary/aromatic N) is 1. The average molecular weight is 333 g/mol. The van der Waals surface area contributed by atoms with Gasteiger partial charge in [0.05, 0.1) is 24.8 Å². The Morgan fingerprint density at radius 2 is 2.00 bits per heavy atom. The lowest BCUT2D eigenvalue weighted by molar-refractivity contribution is -0.137. The highest BCUT2D eigenvalue weighted by Crippen LogP contribution is 2.70. The number of rotatable bonds is 2. The Labute approximate surface area is 145 Å². The molecule has 1 saturated heterocycles. The lowest BCUT2D eigenvalue weighted by atomic mass is 9.63. The minimum absolute atomic E-state index is 0.183. The smallest absolute Gasteiger partial charge is 0.335 e. The summed E-state index contributed by atoms with van der Waals surface area (Å²) in [5.74, 6) is 0.982. The Morgan fingerprint density at radius 1 is 1.29 bits per heavy atom. The van der Waals surface area contributed by atoms with Crippen molar-refractivity contribution in [2.75, 3.05) is 14.2 Å². The quantitative estimate of drug-likeness (QED) is 0.790. The summed E-state index contributed by atoms with van der Waals surface area (Å²) in [6.07, 6.45) is 4.99. The number of carbonyl (C=O) groups excluding carboxylic acids is 1. The van der Waals surface area contributed by atoms with Crippen LogP contribution in [-0.4, -0.2) is 48.3 Å². The molecule has 0 aromatic rings. The molecule has 6 atom stereocenters. The first-order valence-electron chi connectivity index (χ1n) is 9.43. The number of likely N-dealkylation sites (N-methyl/N-ethyl adjacent to an activating group) is 1. The fraction of sp³-hybridized carbons (Fsp3) is 0.850. The van der Waals surface area contributed by atoms with Crippen LogP contribution in [0.1, 0.15) is 52.9 Å². The van der Waals surface area contributed by atoms with Crippen LogP contribution in [-0.2, 0) is 9.53 Å². The Balaban J connectivity index is 1.82. The van der Waals surface area contributed by atoms with Gasteiger partial charge in [-0.15, -0.1) is 0 Å². The van der Waals surface area contributed by atoms with Gasteiger partial charge >= 0.3 is 5.97 Å². The number of aliphatic hydroxyl groups is 1. The molecule has 2 saturated carbocycles. The summed E-state index contributed by atoms with van der Waals surface area (Å²) in [6, 6.07) is 0.177. The second kappa shape index (κ2) is 5.07. The lowest BCUT2D eigenvalue weighted by Crippen LogP contribution is -2.46. The fourth-order valence-electron chi connectivity index (χ4n) is 6.67. The van der Waals surface area contributed by atoms with E-state index in [1.54, 1.807) is 0 Å². The Morgan fingerprint density at radius 3 is 2.54 bits per heavy atom. The van der Waals surface area contributed by atoms with Crippen molar-refractivity contribution in [3.8, 4) is 0 Å². The van der Waals surface area contributed by atoms with E-state index in [1.807, 2.05) is 7.05 Å². The molecular weight excluding hydrogens is 302 g/mol. The molecule has 24 heavy (non-hydrogen) atoms. The summed E-state index contributed by atoms with van der Waals surface area (Å²) in [7, 11) is 3.50. The third-order valence-corrected chi connectivity index (χ3v) is 8.61. The van der Waals surface area contributed by atoms with Crippen molar-refractivity contribution < 1.29 is 14.6 Å². The molecule has 0 amide bonds. The number of carbonyl (C=O) groups is 1. The lowest BCUT2D eigenvalue weighted by Gasteiger charge is -2.44. The molecule has 3 fully saturated rings. The van der Waals surface area contributed by atoms with Gasteiger partial charge in [-0.25, -0.2) is 4.79 Å². The van der Waals surface area contributed by atoms with Gasteiger partial charge in [0.1, 0.15) is 0 Å². The highest BCUT2D eigenvalue weighted by atomic mass is 16.5. The number of hydrogen-bond acceptors (Lipinski definition) is 4. The van der Waals surface area contributed by atoms with Crippen molar-refractivity contribution in [3.05, 3.63) is 11.1 Å². The van der Waals surface area contributed by atoms with Crippen LogP contribution < -0.4 is 0 Å². The van der Waals surface area contributed by atoms with Crippen molar-refractivity contribution in [1.29, 1.82) is 0 Å². The minimum atomic E-state index is -0.453. The molecule has 4 nitrogen and oxygen atoms in total. The van der Waals surface area contributed by atoms with Crippen molar-refractivity contribution in [2.24, 2.45) is 22.7 Å². The molecule has 134 valence electrons. The number of ether oxygens (including phenoxy) is 1. The molecule has 2 aliphatic heterocycles. The predicted octanol–water partition coefficient (Wildman–Crippen LogP) is 2.76. The fourth-order valence-corrected chi connectivity index (χ4v) is 6.67. The van der Waals surface area contributed by atoms with Crippen LogP contribution in [0.2, 0.25) is 0 Å². The first kappa shape index (κ1) is 16.6. The van der Waals surface area contributed by atoms with Crippen LogP contribution in [0, 0.1) is 22.7 Å². The summed E-state index contributed by atoms with van der Waals surface area (Å²) < 4.78 is 5.16. The Hall–Kier alpha value is -0.870. The number of fused-ring (bicyclic) bond motifs is 4. The van der Waals surface area contributed by atoms with E-state index in [9.17, 15) is 9.90 Å². The van der Waals surface area contributed by atoms with Crippen LogP contribution in [0.5, 0.6) is 0 Å². The molecule has 4 heteroatoms. The summed E-state index contributed by atoms with van der Waals surface area (Å²) in [6.45, 7) is 7.27. The van der Waals surface area contributed by atoms with Crippen LogP contribution >= 0.6 is 0 Å². The molecule has 0 aromatic carbocycles. The predicted molar refractivity (Wildman–Crippen MR) is 92.3 cm³/mol. The normalized spacial score (nSPS) is 46.7. The van der Waals surface area contributed by atoms with E-state index in [4.69, 9.17) is 4.74 Å². The molecule has 1 N–H and O–H groups in total. The number of esters is 1. The second-order valence-electron chi connectivity index (χ2n) is 9.36. The van der Waals surface area contributed by atoms with E-state index >= 15 is 0 Å². The first-order valence-corrected chi connectivity index (χ1v) is 9.43. The average Bonchev–Trinajstić information content (AvgIpc) is 2.94. The van der Waals surface area contributed by atoms with Gasteiger partial charge in [0.15, 0.2) is 0 Å². The minimum Gasteiger partial charge on any atom is -0.466 e. The van der Waals surface area contributed by atoms with E-state index in [1.165, 1.54) is 31.9 Å². The first-order chi connectivity index (χ1) is 11.2. The highest BCUT2D eigenvalue weighted by Gasteiger charge is 2.63. The maximum absolute atomic E-state index is 12.7. The Kier molecular flexibility index (Phi) is 3.51. The van der Waals surface area contributed by atoms with Gasteiger partial charge in [0.2, 0.25) is 0 Å². The summed E-state index contributed by atoms with van der Waals surface area (Å²) in [5.41, 5.74) is 2.67. The molecular formula is C20H31NO3. The number of methoxy groups -OCH3 is 1. The van der Waals surface area contributed by atoms with Crippen molar-refractivity contribution in [2.45, 2.75) is 71.1 Å². The maximum Gasteiger partial charge on any atom is 0.335 e. The van der Waals surface area contributed by atoms with Crippen LogP contribution in [0.15, 0.2) is 11.1 Å². The monoisotopic (exact) mass is 333 g/mol. The highest BCUT2D eigenvalue weighted by molar-refractivity contribution is 5.91. The van der Waals surface area contributed by atoms with Gasteiger partial charge < -0.3 is 9.84 Å². The van der Waals surface area contributed by atoms with Gasteiger partial charge in [-0.1, -0.05) is 26.3 Å². The molecule has 4 aliphatic rings. The molecule has 4 unspecified atom stereocenters. The van der Waals surface area contributed by atoms with Crippen molar-refractivity contribution >= 4 is 5.97 Å². The van der Waals surface area contributed by atoms with Crippen LogP contribution in [0.25, 0.3) is 0 Å². The third-order valence-electron chi connectivity index (χ3n) is 8.61. The van der Waals surface area contributed by atoms with Crippen molar-refractivity contribution in [3.63, 3.8) is 0 Å². The van der Waals surface area contributed by atoms with Gasteiger partial charge in [0.25, 0.3) is 0 Å². The van der Waals surface area contributed by atoms with E-state index in [2.05, 4.69) is 25.7 Å². The van der Waals surface area contributed by atoms with Gasteiger partial charge in [-0.3, -0.25) is 4.90 Å². The molecule has 0 radical (unpaired) electrons. The summed E-state index contributed by atoms with van der Waals surface area (Å²) in [4.78, 5) is 14.9. The molecule has 0 spiro atoms. The SMILES string of the molecule is COC(=O)C1=C(C2CC3CC[C@@]2(C)C3(C)C)CC2C[C@@H](O)C1N2C. The van der Waals surface area contributed by atoms with Crippen molar-refractivity contribution in [1.82, 2.24) is 4.90 Å².